The first-order chi connectivity index (χ1) is 9.60. The number of nitrogens with zero attached hydrogens (tertiary/aromatic N) is 4. The SMILES string of the molecule is CN=C(NCc1nc(C)cs1)N1CCN(C(C)=O)CC1.I. The minimum atomic E-state index is 0. The van der Waals surface area contributed by atoms with Crippen molar-refractivity contribution in [1.29, 1.82) is 0 Å². The summed E-state index contributed by atoms with van der Waals surface area (Å²) in [6.07, 6.45) is 0. The van der Waals surface area contributed by atoms with Crippen molar-refractivity contribution in [2.75, 3.05) is 33.2 Å². The minimum absolute atomic E-state index is 0. The number of carbonyl (C=O) groups is 1. The molecule has 1 aliphatic heterocycles. The topological polar surface area (TPSA) is 60.8 Å². The molecule has 1 aliphatic rings. The zero-order valence-electron chi connectivity index (χ0n) is 12.6. The average Bonchev–Trinajstić information content (AvgIpc) is 2.86. The maximum atomic E-state index is 11.3. The standard InChI is InChI=1S/C13H21N5OS.HI/c1-10-9-20-12(16-10)8-15-13(14-3)18-6-4-17(5-7-18)11(2)19;/h9H,4-8H2,1-3H3,(H,14,15);1H. The van der Waals surface area contributed by atoms with Crippen molar-refractivity contribution < 1.29 is 4.79 Å². The van der Waals surface area contributed by atoms with E-state index in [1.165, 1.54) is 0 Å². The molecule has 0 aliphatic carbocycles. The molecule has 0 radical (unpaired) electrons. The van der Waals surface area contributed by atoms with Crippen molar-refractivity contribution >= 4 is 47.2 Å². The van der Waals surface area contributed by atoms with Gasteiger partial charge in [0.1, 0.15) is 5.01 Å². The third-order valence-electron chi connectivity index (χ3n) is 3.30. The van der Waals surface area contributed by atoms with Gasteiger partial charge in [0.15, 0.2) is 5.96 Å². The number of halogens is 1. The molecule has 6 nitrogen and oxygen atoms in total. The largest absolute Gasteiger partial charge is 0.350 e. The van der Waals surface area contributed by atoms with Crippen molar-refractivity contribution in [1.82, 2.24) is 20.1 Å². The lowest BCUT2D eigenvalue weighted by Crippen LogP contribution is -2.53. The molecular formula is C13H22IN5OS. The third kappa shape index (κ3) is 5.10. The first kappa shape index (κ1) is 18.1. The lowest BCUT2D eigenvalue weighted by molar-refractivity contribution is -0.130. The van der Waals surface area contributed by atoms with E-state index in [9.17, 15) is 4.79 Å². The number of aromatic nitrogens is 1. The molecule has 21 heavy (non-hydrogen) atoms. The van der Waals surface area contributed by atoms with E-state index in [2.05, 4.69) is 20.2 Å². The molecule has 0 aromatic carbocycles. The van der Waals surface area contributed by atoms with Gasteiger partial charge in [-0.15, -0.1) is 35.3 Å². The molecule has 1 aromatic heterocycles. The fourth-order valence-electron chi connectivity index (χ4n) is 2.20. The van der Waals surface area contributed by atoms with E-state index in [0.717, 1.165) is 42.8 Å². The van der Waals surface area contributed by atoms with Gasteiger partial charge < -0.3 is 15.1 Å². The zero-order valence-corrected chi connectivity index (χ0v) is 15.8. The number of hydrogen-bond donors (Lipinski definition) is 1. The molecule has 0 unspecified atom stereocenters. The summed E-state index contributed by atoms with van der Waals surface area (Å²) >= 11 is 1.65. The smallest absolute Gasteiger partial charge is 0.219 e. The van der Waals surface area contributed by atoms with Crippen LogP contribution in [-0.2, 0) is 11.3 Å². The fraction of sp³-hybridized carbons (Fsp3) is 0.615. The Morgan fingerprint density at radius 2 is 2.00 bits per heavy atom. The Balaban J connectivity index is 0.00000220. The van der Waals surface area contributed by atoms with Gasteiger partial charge in [0, 0.05) is 51.2 Å². The van der Waals surface area contributed by atoms with E-state index in [0.29, 0.717) is 6.54 Å². The predicted molar refractivity (Wildman–Crippen MR) is 96.3 cm³/mol. The van der Waals surface area contributed by atoms with E-state index in [1.807, 2.05) is 17.2 Å². The van der Waals surface area contributed by atoms with Crippen LogP contribution in [0.1, 0.15) is 17.6 Å². The van der Waals surface area contributed by atoms with E-state index in [4.69, 9.17) is 0 Å². The minimum Gasteiger partial charge on any atom is -0.350 e. The van der Waals surface area contributed by atoms with Crippen LogP contribution in [0, 0.1) is 6.92 Å². The van der Waals surface area contributed by atoms with Gasteiger partial charge in [-0.25, -0.2) is 4.98 Å². The van der Waals surface area contributed by atoms with Crippen LogP contribution in [0.15, 0.2) is 10.4 Å². The van der Waals surface area contributed by atoms with Gasteiger partial charge >= 0.3 is 0 Å². The second-order valence-electron chi connectivity index (χ2n) is 4.78. The number of carbonyl (C=O) groups excluding carboxylic acids is 1. The van der Waals surface area contributed by atoms with Crippen LogP contribution < -0.4 is 5.32 Å². The number of guanidine groups is 1. The third-order valence-corrected chi connectivity index (χ3v) is 4.27. The highest BCUT2D eigenvalue weighted by molar-refractivity contribution is 14.0. The Hall–Kier alpha value is -0.900. The van der Waals surface area contributed by atoms with Crippen LogP contribution in [0.5, 0.6) is 0 Å². The number of piperazine rings is 1. The Labute approximate surface area is 146 Å². The number of nitrogens with one attached hydrogen (secondary N) is 1. The molecule has 1 saturated heterocycles. The molecular weight excluding hydrogens is 401 g/mol. The lowest BCUT2D eigenvalue weighted by atomic mass is 10.3. The van der Waals surface area contributed by atoms with Gasteiger partial charge in [0.05, 0.1) is 6.54 Å². The Morgan fingerprint density at radius 1 is 1.38 bits per heavy atom. The molecule has 1 N–H and O–H groups in total. The molecule has 118 valence electrons. The van der Waals surface area contributed by atoms with Gasteiger partial charge in [0.2, 0.25) is 5.91 Å². The molecule has 2 rings (SSSR count). The normalized spacial score (nSPS) is 15.7. The van der Waals surface area contributed by atoms with Crippen LogP contribution in [0.2, 0.25) is 0 Å². The highest BCUT2D eigenvalue weighted by Gasteiger charge is 2.20. The molecule has 0 atom stereocenters. The molecule has 8 heteroatoms. The fourth-order valence-corrected chi connectivity index (χ4v) is 2.92. The van der Waals surface area contributed by atoms with Gasteiger partial charge in [-0.2, -0.15) is 0 Å². The maximum absolute atomic E-state index is 11.3. The van der Waals surface area contributed by atoms with Gasteiger partial charge in [-0.3, -0.25) is 9.79 Å². The molecule has 0 saturated carbocycles. The van der Waals surface area contributed by atoms with E-state index in [-0.39, 0.29) is 29.9 Å². The molecule has 0 spiro atoms. The summed E-state index contributed by atoms with van der Waals surface area (Å²) in [5.74, 6) is 1.02. The summed E-state index contributed by atoms with van der Waals surface area (Å²) in [5, 5.41) is 6.44. The van der Waals surface area contributed by atoms with Crippen LogP contribution in [0.4, 0.5) is 0 Å². The summed E-state index contributed by atoms with van der Waals surface area (Å²) in [4.78, 5) is 24.1. The number of thiazole rings is 1. The lowest BCUT2D eigenvalue weighted by Gasteiger charge is -2.36. The van der Waals surface area contributed by atoms with Gasteiger partial charge in [0.25, 0.3) is 0 Å². The van der Waals surface area contributed by atoms with Gasteiger partial charge in [-0.1, -0.05) is 0 Å². The van der Waals surface area contributed by atoms with E-state index < -0.39 is 0 Å². The Bertz CT molecular complexity index is 497. The number of rotatable bonds is 2. The first-order valence-electron chi connectivity index (χ1n) is 6.72. The van der Waals surface area contributed by atoms with Crippen LogP contribution in [0.25, 0.3) is 0 Å². The summed E-state index contributed by atoms with van der Waals surface area (Å²) in [6, 6.07) is 0. The monoisotopic (exact) mass is 423 g/mol. The average molecular weight is 423 g/mol. The second-order valence-corrected chi connectivity index (χ2v) is 5.72. The quantitative estimate of drug-likeness (QED) is 0.443. The van der Waals surface area contributed by atoms with Crippen LogP contribution in [0.3, 0.4) is 0 Å². The Morgan fingerprint density at radius 3 is 2.48 bits per heavy atom. The molecule has 1 aromatic rings. The molecule has 2 heterocycles. The molecule has 0 bridgehead atoms. The van der Waals surface area contributed by atoms with E-state index >= 15 is 0 Å². The Kier molecular flexibility index (Phi) is 7.36. The summed E-state index contributed by atoms with van der Waals surface area (Å²) in [6.45, 7) is 7.45. The van der Waals surface area contributed by atoms with E-state index in [1.54, 1.807) is 25.3 Å². The maximum Gasteiger partial charge on any atom is 0.219 e. The summed E-state index contributed by atoms with van der Waals surface area (Å²) in [5.41, 5.74) is 1.05. The summed E-state index contributed by atoms with van der Waals surface area (Å²) < 4.78 is 0. The molecule has 1 amide bonds. The van der Waals surface area contributed by atoms with Crippen molar-refractivity contribution in [3.63, 3.8) is 0 Å². The van der Waals surface area contributed by atoms with Crippen molar-refractivity contribution in [2.45, 2.75) is 20.4 Å². The number of aryl methyl sites for hydroxylation is 1. The van der Waals surface area contributed by atoms with Crippen LogP contribution >= 0.6 is 35.3 Å². The molecule has 1 fully saturated rings. The number of amides is 1. The van der Waals surface area contributed by atoms with Crippen LogP contribution in [-0.4, -0.2) is 59.9 Å². The van der Waals surface area contributed by atoms with Crippen molar-refractivity contribution in [3.8, 4) is 0 Å². The second kappa shape index (κ2) is 8.52. The van der Waals surface area contributed by atoms with Crippen molar-refractivity contribution in [3.05, 3.63) is 16.1 Å². The summed E-state index contributed by atoms with van der Waals surface area (Å²) in [7, 11) is 1.78. The highest BCUT2D eigenvalue weighted by atomic mass is 127. The first-order valence-corrected chi connectivity index (χ1v) is 7.60. The highest BCUT2D eigenvalue weighted by Crippen LogP contribution is 2.08. The zero-order chi connectivity index (χ0) is 14.5. The number of aliphatic imine (C=N–C) groups is 1. The predicted octanol–water partition coefficient (Wildman–Crippen LogP) is 1.31. The number of hydrogen-bond acceptors (Lipinski definition) is 4. The van der Waals surface area contributed by atoms with Gasteiger partial charge in [-0.05, 0) is 6.92 Å². The van der Waals surface area contributed by atoms with Crippen molar-refractivity contribution in [2.24, 2.45) is 4.99 Å².